The zero-order valence-corrected chi connectivity index (χ0v) is 7.60. The van der Waals surface area contributed by atoms with Gasteiger partial charge in [0.1, 0.15) is 6.17 Å². The summed E-state index contributed by atoms with van der Waals surface area (Å²) >= 11 is 0. The summed E-state index contributed by atoms with van der Waals surface area (Å²) in [7, 11) is 0. The van der Waals surface area contributed by atoms with Gasteiger partial charge >= 0.3 is 0 Å². The van der Waals surface area contributed by atoms with E-state index in [1.807, 2.05) is 6.92 Å². The quantitative estimate of drug-likeness (QED) is 0.511. The molecule has 2 unspecified atom stereocenters. The molecule has 1 heteroatoms. The molecule has 0 aliphatic heterocycles. The van der Waals surface area contributed by atoms with Crippen LogP contribution in [-0.4, -0.2) is 6.17 Å². The minimum absolute atomic E-state index is 0.564. The van der Waals surface area contributed by atoms with Crippen LogP contribution in [0, 0.1) is 11.8 Å². The summed E-state index contributed by atoms with van der Waals surface area (Å²) in [5.74, 6) is 1.19. The molecule has 0 heterocycles. The van der Waals surface area contributed by atoms with Crippen LogP contribution < -0.4 is 0 Å². The van der Waals surface area contributed by atoms with E-state index in [2.05, 4.69) is 19.9 Å². The van der Waals surface area contributed by atoms with Crippen LogP contribution in [0.15, 0.2) is 11.6 Å². The van der Waals surface area contributed by atoms with Gasteiger partial charge in [0.2, 0.25) is 0 Å². The first-order chi connectivity index (χ1) is 5.11. The fourth-order valence-corrected chi connectivity index (χ4v) is 1.56. The van der Waals surface area contributed by atoms with Crippen molar-refractivity contribution in [1.82, 2.24) is 0 Å². The molecule has 1 rings (SSSR count). The molecular formula is C10H17F. The van der Waals surface area contributed by atoms with E-state index in [0.717, 1.165) is 18.4 Å². The van der Waals surface area contributed by atoms with Crippen LogP contribution in [0.4, 0.5) is 4.39 Å². The molecule has 0 aromatic rings. The lowest BCUT2D eigenvalue weighted by molar-refractivity contribution is 0.245. The molecule has 2 atom stereocenters. The van der Waals surface area contributed by atoms with Gasteiger partial charge in [0.15, 0.2) is 0 Å². The first-order valence-corrected chi connectivity index (χ1v) is 4.42. The highest BCUT2D eigenvalue weighted by atomic mass is 19.1. The predicted octanol–water partition coefficient (Wildman–Crippen LogP) is 3.34. The number of allylic oxidation sites excluding steroid dienone is 2. The van der Waals surface area contributed by atoms with E-state index in [-0.39, 0.29) is 0 Å². The normalized spacial score (nSPS) is 32.3. The molecule has 0 radical (unpaired) electrons. The van der Waals surface area contributed by atoms with Gasteiger partial charge in [-0.2, -0.15) is 0 Å². The van der Waals surface area contributed by atoms with Gasteiger partial charge in [-0.15, -0.1) is 0 Å². The number of rotatable bonds is 1. The first-order valence-electron chi connectivity index (χ1n) is 4.42. The third-order valence-electron chi connectivity index (χ3n) is 2.69. The van der Waals surface area contributed by atoms with E-state index in [0.29, 0.717) is 11.8 Å². The smallest absolute Gasteiger partial charge is 0.121 e. The number of hydrogen-bond acceptors (Lipinski definition) is 0. The second-order valence-electron chi connectivity index (χ2n) is 3.89. The molecule has 0 bridgehead atoms. The third kappa shape index (κ3) is 2.05. The summed E-state index contributed by atoms with van der Waals surface area (Å²) in [6.45, 7) is 6.24. The molecule has 0 nitrogen and oxygen atoms in total. The van der Waals surface area contributed by atoms with Crippen molar-refractivity contribution in [3.05, 3.63) is 11.6 Å². The molecule has 1 aliphatic rings. The van der Waals surface area contributed by atoms with Crippen LogP contribution in [0.5, 0.6) is 0 Å². The Morgan fingerprint density at radius 3 is 2.64 bits per heavy atom. The minimum atomic E-state index is -0.670. The minimum Gasteiger partial charge on any atom is -0.243 e. The molecule has 0 saturated carbocycles. The molecule has 0 aromatic carbocycles. The van der Waals surface area contributed by atoms with Crippen LogP contribution in [0.25, 0.3) is 0 Å². The van der Waals surface area contributed by atoms with E-state index < -0.39 is 6.17 Å². The molecule has 0 fully saturated rings. The molecule has 1 aliphatic carbocycles. The van der Waals surface area contributed by atoms with E-state index in [4.69, 9.17) is 0 Å². The standard InChI is InChI=1S/C10H17F/c1-7(2)9-5-4-8(3)10(11)6-9/h4,7,9-10H,5-6H2,1-3H3. The monoisotopic (exact) mass is 156 g/mol. The highest BCUT2D eigenvalue weighted by Gasteiger charge is 2.23. The van der Waals surface area contributed by atoms with Crippen LogP contribution >= 0.6 is 0 Å². The molecular weight excluding hydrogens is 139 g/mol. The van der Waals surface area contributed by atoms with E-state index in [9.17, 15) is 4.39 Å². The molecule has 0 aromatic heterocycles. The van der Waals surface area contributed by atoms with Crippen molar-refractivity contribution >= 4 is 0 Å². The Kier molecular flexibility index (Phi) is 2.69. The Morgan fingerprint density at radius 1 is 1.55 bits per heavy atom. The van der Waals surface area contributed by atoms with E-state index >= 15 is 0 Å². The topological polar surface area (TPSA) is 0 Å². The summed E-state index contributed by atoms with van der Waals surface area (Å²) in [6.07, 6.45) is 3.19. The van der Waals surface area contributed by atoms with Crippen molar-refractivity contribution in [2.45, 2.75) is 39.8 Å². The van der Waals surface area contributed by atoms with Gasteiger partial charge < -0.3 is 0 Å². The lowest BCUT2D eigenvalue weighted by atomic mass is 9.82. The number of alkyl halides is 1. The molecule has 11 heavy (non-hydrogen) atoms. The zero-order valence-electron chi connectivity index (χ0n) is 7.60. The summed E-state index contributed by atoms with van der Waals surface area (Å²) < 4.78 is 13.1. The summed E-state index contributed by atoms with van der Waals surface area (Å²) in [6, 6.07) is 0. The van der Waals surface area contributed by atoms with Crippen LogP contribution in [0.2, 0.25) is 0 Å². The highest BCUT2D eigenvalue weighted by Crippen LogP contribution is 2.30. The Labute approximate surface area is 68.5 Å². The van der Waals surface area contributed by atoms with Crippen LogP contribution in [-0.2, 0) is 0 Å². The maximum absolute atomic E-state index is 13.1. The van der Waals surface area contributed by atoms with Gasteiger partial charge in [0.05, 0.1) is 0 Å². The van der Waals surface area contributed by atoms with Crippen molar-refractivity contribution in [1.29, 1.82) is 0 Å². The van der Waals surface area contributed by atoms with Crippen molar-refractivity contribution in [3.63, 3.8) is 0 Å². The summed E-state index contributed by atoms with van der Waals surface area (Å²) in [4.78, 5) is 0. The molecule has 0 amide bonds. The van der Waals surface area contributed by atoms with Crippen LogP contribution in [0.3, 0.4) is 0 Å². The number of hydrogen-bond donors (Lipinski definition) is 0. The van der Waals surface area contributed by atoms with Gasteiger partial charge in [0.25, 0.3) is 0 Å². The van der Waals surface area contributed by atoms with E-state index in [1.54, 1.807) is 0 Å². The summed E-state index contributed by atoms with van der Waals surface area (Å²) in [5.41, 5.74) is 0.932. The second kappa shape index (κ2) is 3.38. The van der Waals surface area contributed by atoms with Crippen molar-refractivity contribution in [2.24, 2.45) is 11.8 Å². The Bertz CT molecular complexity index is 158. The van der Waals surface area contributed by atoms with Crippen molar-refractivity contribution in [2.75, 3.05) is 0 Å². The van der Waals surface area contributed by atoms with Gasteiger partial charge in [-0.25, -0.2) is 4.39 Å². The molecule has 0 saturated heterocycles. The van der Waals surface area contributed by atoms with Crippen molar-refractivity contribution in [3.8, 4) is 0 Å². The highest BCUT2D eigenvalue weighted by molar-refractivity contribution is 5.09. The summed E-state index contributed by atoms with van der Waals surface area (Å²) in [5, 5.41) is 0. The van der Waals surface area contributed by atoms with Gasteiger partial charge in [-0.1, -0.05) is 19.9 Å². The average molecular weight is 156 g/mol. The lowest BCUT2D eigenvalue weighted by Gasteiger charge is -2.26. The SMILES string of the molecule is CC1=CCC(C(C)C)CC1F. The third-order valence-corrected chi connectivity index (χ3v) is 2.69. The van der Waals surface area contributed by atoms with Gasteiger partial charge in [-0.05, 0) is 37.2 Å². The molecule has 64 valence electrons. The van der Waals surface area contributed by atoms with Crippen LogP contribution in [0.1, 0.15) is 33.6 Å². The van der Waals surface area contributed by atoms with Crippen molar-refractivity contribution < 1.29 is 4.39 Å². The lowest BCUT2D eigenvalue weighted by Crippen LogP contribution is -2.19. The number of halogens is 1. The molecule has 0 N–H and O–H groups in total. The second-order valence-corrected chi connectivity index (χ2v) is 3.89. The molecule has 0 spiro atoms. The maximum atomic E-state index is 13.1. The van der Waals surface area contributed by atoms with Gasteiger partial charge in [-0.3, -0.25) is 0 Å². The Hall–Kier alpha value is -0.330. The van der Waals surface area contributed by atoms with E-state index in [1.165, 1.54) is 0 Å². The zero-order chi connectivity index (χ0) is 8.43. The predicted molar refractivity (Wildman–Crippen MR) is 46.2 cm³/mol. The fraction of sp³-hybridized carbons (Fsp3) is 0.800. The first kappa shape index (κ1) is 8.76. The van der Waals surface area contributed by atoms with Gasteiger partial charge in [0, 0.05) is 0 Å². The average Bonchev–Trinajstić information content (AvgIpc) is 1.94. The maximum Gasteiger partial charge on any atom is 0.121 e. The fourth-order valence-electron chi connectivity index (χ4n) is 1.56. The Balaban J connectivity index is 2.55. The largest absolute Gasteiger partial charge is 0.243 e. The Morgan fingerprint density at radius 2 is 2.18 bits per heavy atom.